The van der Waals surface area contributed by atoms with Crippen molar-refractivity contribution in [2.24, 2.45) is 0 Å². The summed E-state index contributed by atoms with van der Waals surface area (Å²) in [6.07, 6.45) is 0. The second-order valence-corrected chi connectivity index (χ2v) is 4.33. The van der Waals surface area contributed by atoms with E-state index in [-0.39, 0.29) is 16.4 Å². The summed E-state index contributed by atoms with van der Waals surface area (Å²) in [7, 11) is 1.25. The number of aromatic nitrogens is 2. The number of esters is 1. The molecular weight excluding hydrogens is 270 g/mol. The molecule has 0 atom stereocenters. The molecule has 0 amide bonds. The van der Waals surface area contributed by atoms with Gasteiger partial charge in [-0.3, -0.25) is 0 Å². The van der Waals surface area contributed by atoms with Crippen LogP contribution in [0.5, 0.6) is 0 Å². The number of pyridine rings is 1. The number of halogens is 1. The smallest absolute Gasteiger partial charge is 0.358 e. The lowest BCUT2D eigenvalue weighted by molar-refractivity contribution is 0.0594. The molecule has 0 aliphatic rings. The normalized spacial score (nSPS) is 10.5. The topological polar surface area (TPSA) is 91.2 Å². The van der Waals surface area contributed by atoms with Crippen molar-refractivity contribution in [3.8, 4) is 11.3 Å². The Balaban J connectivity index is 2.67. The van der Waals surface area contributed by atoms with Crippen LogP contribution >= 0.6 is 11.6 Å². The standard InChI is InChI=1S/C12H12ClN3O3/c1-5-9(6(2)19-16-5)8-4-7(14)10(13)11(15-8)12(17)18-3/h4H,1-3H3,(H2,14,15). The van der Waals surface area contributed by atoms with Crippen LogP contribution in [0.1, 0.15) is 21.9 Å². The maximum Gasteiger partial charge on any atom is 0.358 e. The first kappa shape index (κ1) is 13.4. The zero-order valence-corrected chi connectivity index (χ0v) is 11.4. The fourth-order valence-electron chi connectivity index (χ4n) is 1.76. The lowest BCUT2D eigenvalue weighted by Gasteiger charge is -2.08. The SMILES string of the molecule is COC(=O)c1nc(-c2c(C)noc2C)cc(N)c1Cl. The van der Waals surface area contributed by atoms with Crippen molar-refractivity contribution in [1.82, 2.24) is 10.1 Å². The maximum absolute atomic E-state index is 11.6. The van der Waals surface area contributed by atoms with Gasteiger partial charge in [-0.1, -0.05) is 16.8 Å². The Bertz CT molecular complexity index is 632. The van der Waals surface area contributed by atoms with Crippen LogP contribution < -0.4 is 5.73 Å². The Morgan fingerprint density at radius 2 is 2.16 bits per heavy atom. The maximum atomic E-state index is 11.6. The predicted molar refractivity (Wildman–Crippen MR) is 70.0 cm³/mol. The molecule has 0 saturated carbocycles. The van der Waals surface area contributed by atoms with Crippen LogP contribution in [0.3, 0.4) is 0 Å². The van der Waals surface area contributed by atoms with Gasteiger partial charge in [-0.25, -0.2) is 9.78 Å². The fraction of sp³-hybridized carbons (Fsp3) is 0.250. The van der Waals surface area contributed by atoms with E-state index in [9.17, 15) is 4.79 Å². The first-order chi connectivity index (χ1) is 8.95. The number of aryl methyl sites for hydroxylation is 2. The van der Waals surface area contributed by atoms with Crippen molar-refractivity contribution in [3.63, 3.8) is 0 Å². The Labute approximate surface area is 114 Å². The van der Waals surface area contributed by atoms with Gasteiger partial charge in [0, 0.05) is 0 Å². The van der Waals surface area contributed by atoms with E-state index in [4.69, 9.17) is 21.9 Å². The van der Waals surface area contributed by atoms with Crippen LogP contribution in [0.25, 0.3) is 11.3 Å². The van der Waals surface area contributed by atoms with Crippen molar-refractivity contribution >= 4 is 23.3 Å². The summed E-state index contributed by atoms with van der Waals surface area (Å²) in [5.74, 6) is -0.0622. The van der Waals surface area contributed by atoms with Gasteiger partial charge in [0.1, 0.15) is 5.76 Å². The van der Waals surface area contributed by atoms with Gasteiger partial charge in [0.25, 0.3) is 0 Å². The molecule has 0 aliphatic heterocycles. The molecular formula is C12H12ClN3O3. The lowest BCUT2D eigenvalue weighted by Crippen LogP contribution is -2.08. The molecule has 2 rings (SSSR count). The molecule has 2 heterocycles. The summed E-state index contributed by atoms with van der Waals surface area (Å²) in [5, 5.41) is 3.91. The Morgan fingerprint density at radius 1 is 1.47 bits per heavy atom. The molecule has 0 spiro atoms. The van der Waals surface area contributed by atoms with E-state index in [2.05, 4.69) is 14.9 Å². The van der Waals surface area contributed by atoms with E-state index in [1.165, 1.54) is 7.11 Å². The predicted octanol–water partition coefficient (Wildman–Crippen LogP) is 2.38. The van der Waals surface area contributed by atoms with E-state index in [0.29, 0.717) is 22.7 Å². The molecule has 19 heavy (non-hydrogen) atoms. The molecule has 0 unspecified atom stereocenters. The number of methoxy groups -OCH3 is 1. The summed E-state index contributed by atoms with van der Waals surface area (Å²) in [6.45, 7) is 3.52. The minimum atomic E-state index is -0.648. The largest absolute Gasteiger partial charge is 0.464 e. The van der Waals surface area contributed by atoms with Gasteiger partial charge in [-0.05, 0) is 19.9 Å². The van der Waals surface area contributed by atoms with Crippen molar-refractivity contribution in [2.45, 2.75) is 13.8 Å². The highest BCUT2D eigenvalue weighted by atomic mass is 35.5. The first-order valence-electron chi connectivity index (χ1n) is 5.43. The molecule has 0 saturated heterocycles. The van der Waals surface area contributed by atoms with E-state index < -0.39 is 5.97 Å². The molecule has 0 aliphatic carbocycles. The quantitative estimate of drug-likeness (QED) is 0.850. The van der Waals surface area contributed by atoms with Crippen LogP contribution in [0.15, 0.2) is 10.6 Å². The minimum absolute atomic E-state index is 0.0285. The Kier molecular flexibility index (Phi) is 3.44. The van der Waals surface area contributed by atoms with Gasteiger partial charge >= 0.3 is 5.97 Å². The van der Waals surface area contributed by atoms with Crippen LogP contribution in [0.2, 0.25) is 5.02 Å². The van der Waals surface area contributed by atoms with E-state index in [0.717, 1.165) is 0 Å². The first-order valence-corrected chi connectivity index (χ1v) is 5.81. The third-order valence-corrected chi connectivity index (χ3v) is 3.05. The number of hydrogen-bond donors (Lipinski definition) is 1. The van der Waals surface area contributed by atoms with Crippen LogP contribution in [-0.4, -0.2) is 23.2 Å². The van der Waals surface area contributed by atoms with Crippen molar-refractivity contribution in [3.05, 3.63) is 28.2 Å². The van der Waals surface area contributed by atoms with Crippen LogP contribution in [0, 0.1) is 13.8 Å². The average molecular weight is 282 g/mol. The van der Waals surface area contributed by atoms with Gasteiger partial charge in [0.2, 0.25) is 0 Å². The number of carbonyl (C=O) groups excluding carboxylic acids is 1. The number of carbonyl (C=O) groups is 1. The van der Waals surface area contributed by atoms with Crippen molar-refractivity contribution in [2.75, 3.05) is 12.8 Å². The zero-order chi connectivity index (χ0) is 14.2. The molecule has 0 radical (unpaired) electrons. The van der Waals surface area contributed by atoms with Crippen LogP contribution in [0.4, 0.5) is 5.69 Å². The lowest BCUT2D eigenvalue weighted by atomic mass is 10.1. The average Bonchev–Trinajstić information content (AvgIpc) is 2.71. The van der Waals surface area contributed by atoms with Crippen molar-refractivity contribution < 1.29 is 14.1 Å². The summed E-state index contributed by atoms with van der Waals surface area (Å²) < 4.78 is 9.69. The summed E-state index contributed by atoms with van der Waals surface area (Å²) in [6, 6.07) is 1.57. The molecule has 7 heteroatoms. The summed E-state index contributed by atoms with van der Waals surface area (Å²) in [4.78, 5) is 15.8. The van der Waals surface area contributed by atoms with Gasteiger partial charge in [-0.15, -0.1) is 0 Å². The number of nitrogen functional groups attached to an aromatic ring is 1. The summed E-state index contributed by atoms with van der Waals surface area (Å²) >= 11 is 5.95. The second-order valence-electron chi connectivity index (χ2n) is 3.95. The molecule has 0 aromatic carbocycles. The minimum Gasteiger partial charge on any atom is -0.464 e. The number of hydrogen-bond acceptors (Lipinski definition) is 6. The molecule has 0 fully saturated rings. The van der Waals surface area contributed by atoms with E-state index in [1.54, 1.807) is 19.9 Å². The monoisotopic (exact) mass is 281 g/mol. The number of ether oxygens (including phenoxy) is 1. The summed E-state index contributed by atoms with van der Waals surface area (Å²) in [5.41, 5.74) is 7.82. The Hall–Kier alpha value is -2.08. The molecule has 2 aromatic heterocycles. The second kappa shape index (κ2) is 4.89. The third-order valence-electron chi connectivity index (χ3n) is 2.65. The molecule has 2 N–H and O–H groups in total. The number of rotatable bonds is 2. The number of anilines is 1. The highest BCUT2D eigenvalue weighted by molar-refractivity contribution is 6.35. The number of nitrogens with two attached hydrogens (primary N) is 1. The Morgan fingerprint density at radius 3 is 2.68 bits per heavy atom. The van der Waals surface area contributed by atoms with Gasteiger partial charge in [0.05, 0.1) is 34.8 Å². The van der Waals surface area contributed by atoms with E-state index >= 15 is 0 Å². The third kappa shape index (κ3) is 2.26. The molecule has 0 bridgehead atoms. The fourth-order valence-corrected chi connectivity index (χ4v) is 1.93. The van der Waals surface area contributed by atoms with Crippen molar-refractivity contribution in [1.29, 1.82) is 0 Å². The van der Waals surface area contributed by atoms with Crippen LogP contribution in [-0.2, 0) is 4.74 Å². The molecule has 2 aromatic rings. The molecule has 6 nitrogen and oxygen atoms in total. The molecule has 100 valence electrons. The zero-order valence-electron chi connectivity index (χ0n) is 10.7. The highest BCUT2D eigenvalue weighted by Gasteiger charge is 2.20. The van der Waals surface area contributed by atoms with Gasteiger partial charge in [0.15, 0.2) is 5.69 Å². The van der Waals surface area contributed by atoms with Gasteiger partial charge < -0.3 is 15.0 Å². The number of nitrogens with zero attached hydrogens (tertiary/aromatic N) is 2. The van der Waals surface area contributed by atoms with E-state index in [1.807, 2.05) is 0 Å². The highest BCUT2D eigenvalue weighted by Crippen LogP contribution is 2.31. The van der Waals surface area contributed by atoms with Gasteiger partial charge in [-0.2, -0.15) is 0 Å².